The van der Waals surface area contributed by atoms with E-state index in [0.29, 0.717) is 19.0 Å². The van der Waals surface area contributed by atoms with Crippen molar-refractivity contribution in [1.29, 1.82) is 0 Å². The third-order valence-corrected chi connectivity index (χ3v) is 6.40. The van der Waals surface area contributed by atoms with E-state index in [1.54, 1.807) is 22.6 Å². The molecular formula is C20H25N3O2S. The van der Waals surface area contributed by atoms with Crippen LogP contribution in [0, 0.1) is 0 Å². The first kappa shape index (κ1) is 17.5. The average molecular weight is 372 g/mol. The molecule has 6 heteroatoms. The molecule has 1 aliphatic heterocycles. The zero-order valence-corrected chi connectivity index (χ0v) is 16.0. The van der Waals surface area contributed by atoms with Crippen LogP contribution in [0.1, 0.15) is 55.2 Å². The Labute approximate surface area is 158 Å². The molecule has 138 valence electrons. The van der Waals surface area contributed by atoms with E-state index in [0.717, 1.165) is 11.5 Å². The first-order valence-electron chi connectivity index (χ1n) is 9.39. The van der Waals surface area contributed by atoms with Crippen molar-refractivity contribution < 1.29 is 9.21 Å². The van der Waals surface area contributed by atoms with Crippen molar-refractivity contribution in [2.45, 2.75) is 50.6 Å². The van der Waals surface area contributed by atoms with Gasteiger partial charge in [-0.25, -0.2) is 5.01 Å². The topological polar surface area (TPSA) is 49.1 Å². The largest absolute Gasteiger partial charge is 0.463 e. The molecule has 4 rings (SSSR count). The van der Waals surface area contributed by atoms with Crippen LogP contribution in [-0.2, 0) is 4.79 Å². The number of hydrazone groups is 1. The lowest BCUT2D eigenvalue weighted by atomic mass is 9.94. The van der Waals surface area contributed by atoms with E-state index in [2.05, 4.69) is 28.5 Å². The van der Waals surface area contributed by atoms with E-state index in [1.807, 2.05) is 18.2 Å². The molecule has 2 aliphatic rings. The van der Waals surface area contributed by atoms with Crippen molar-refractivity contribution >= 4 is 23.0 Å². The molecule has 0 bridgehead atoms. The minimum atomic E-state index is -0.0256. The summed E-state index contributed by atoms with van der Waals surface area (Å²) >= 11 is 1.68. The zero-order chi connectivity index (χ0) is 17.9. The molecule has 1 fully saturated rings. The summed E-state index contributed by atoms with van der Waals surface area (Å²) in [5.74, 6) is 0.820. The van der Waals surface area contributed by atoms with Gasteiger partial charge in [0, 0.05) is 17.3 Å². The van der Waals surface area contributed by atoms with E-state index >= 15 is 0 Å². The van der Waals surface area contributed by atoms with Gasteiger partial charge in [-0.05, 0) is 43.5 Å². The molecule has 0 spiro atoms. The molecule has 1 atom stereocenters. The quantitative estimate of drug-likeness (QED) is 0.788. The third kappa shape index (κ3) is 3.62. The predicted octanol–water partition coefficient (Wildman–Crippen LogP) is 4.28. The van der Waals surface area contributed by atoms with E-state index in [9.17, 15) is 4.79 Å². The average Bonchev–Trinajstić information content (AvgIpc) is 3.42. The van der Waals surface area contributed by atoms with Gasteiger partial charge in [-0.2, -0.15) is 5.10 Å². The van der Waals surface area contributed by atoms with E-state index in [1.165, 1.54) is 37.0 Å². The molecule has 0 saturated heterocycles. The standard InChI is InChI=1S/C20H25N3O2S/c1-22(15-7-3-2-4-8-15)14-20(24)23-17(19-10-6-12-26-19)13-16(21-23)18-9-5-11-25-18/h5-6,9-12,15,17H,2-4,7-8,13-14H2,1H3. The lowest BCUT2D eigenvalue weighted by Gasteiger charge is -2.32. The fourth-order valence-corrected chi connectivity index (χ4v) is 4.78. The highest BCUT2D eigenvalue weighted by Crippen LogP contribution is 2.35. The maximum atomic E-state index is 13.1. The van der Waals surface area contributed by atoms with Gasteiger partial charge in [0.1, 0.15) is 11.5 Å². The number of likely N-dealkylation sites (N-methyl/N-ethyl adjacent to an activating group) is 1. The van der Waals surface area contributed by atoms with E-state index < -0.39 is 0 Å². The highest BCUT2D eigenvalue weighted by Gasteiger charge is 2.35. The number of nitrogens with zero attached hydrogens (tertiary/aromatic N) is 3. The fraction of sp³-hybridized carbons (Fsp3) is 0.500. The Kier molecular flexibility index (Phi) is 5.22. The Morgan fingerprint density at radius 1 is 1.31 bits per heavy atom. The first-order valence-corrected chi connectivity index (χ1v) is 10.3. The summed E-state index contributed by atoms with van der Waals surface area (Å²) in [5, 5.41) is 8.39. The molecule has 1 amide bonds. The molecule has 0 N–H and O–H groups in total. The van der Waals surface area contributed by atoms with Gasteiger partial charge in [-0.1, -0.05) is 25.3 Å². The van der Waals surface area contributed by atoms with Gasteiger partial charge in [0.25, 0.3) is 5.91 Å². The highest BCUT2D eigenvalue weighted by molar-refractivity contribution is 7.10. The minimum Gasteiger partial charge on any atom is -0.463 e. The maximum Gasteiger partial charge on any atom is 0.257 e. The van der Waals surface area contributed by atoms with Gasteiger partial charge in [0.05, 0.1) is 18.8 Å². The number of hydrogen-bond donors (Lipinski definition) is 0. The van der Waals surface area contributed by atoms with Crippen molar-refractivity contribution in [3.63, 3.8) is 0 Å². The van der Waals surface area contributed by atoms with Crippen molar-refractivity contribution in [3.05, 3.63) is 46.5 Å². The number of furan rings is 1. The summed E-state index contributed by atoms with van der Waals surface area (Å²) in [7, 11) is 2.07. The molecule has 5 nitrogen and oxygen atoms in total. The number of amides is 1. The summed E-state index contributed by atoms with van der Waals surface area (Å²) in [6.45, 7) is 0.418. The third-order valence-electron chi connectivity index (χ3n) is 5.43. The Bertz CT molecular complexity index is 748. The van der Waals surface area contributed by atoms with Gasteiger partial charge in [0.15, 0.2) is 0 Å². The molecule has 1 unspecified atom stereocenters. The molecule has 0 radical (unpaired) electrons. The number of rotatable bonds is 5. The minimum absolute atomic E-state index is 0.0256. The monoisotopic (exact) mass is 371 g/mol. The number of carbonyl (C=O) groups excluding carboxylic acids is 1. The molecule has 1 aliphatic carbocycles. The van der Waals surface area contributed by atoms with E-state index in [4.69, 9.17) is 4.42 Å². The van der Waals surface area contributed by atoms with Gasteiger partial charge < -0.3 is 4.42 Å². The Morgan fingerprint density at radius 2 is 2.15 bits per heavy atom. The number of carbonyl (C=O) groups is 1. The zero-order valence-electron chi connectivity index (χ0n) is 15.1. The number of hydrogen-bond acceptors (Lipinski definition) is 5. The second kappa shape index (κ2) is 7.76. The van der Waals surface area contributed by atoms with Crippen molar-refractivity contribution in [2.75, 3.05) is 13.6 Å². The van der Waals surface area contributed by atoms with Crippen LogP contribution in [0.2, 0.25) is 0 Å². The Hall–Kier alpha value is -1.92. The van der Waals surface area contributed by atoms with Crippen LogP contribution in [0.3, 0.4) is 0 Å². The fourth-order valence-electron chi connectivity index (χ4n) is 3.97. The smallest absolute Gasteiger partial charge is 0.257 e. The van der Waals surface area contributed by atoms with Gasteiger partial charge in [0.2, 0.25) is 0 Å². The SMILES string of the molecule is CN(CC(=O)N1N=C(c2ccco2)CC1c1cccs1)C1CCCCC1. The summed E-state index contributed by atoms with van der Waals surface area (Å²) in [6.07, 6.45) is 8.60. The van der Waals surface area contributed by atoms with Gasteiger partial charge in [-0.3, -0.25) is 9.69 Å². The molecule has 2 aromatic heterocycles. The maximum absolute atomic E-state index is 13.1. The van der Waals surface area contributed by atoms with Crippen LogP contribution in [0.4, 0.5) is 0 Å². The summed E-state index contributed by atoms with van der Waals surface area (Å²) in [4.78, 5) is 16.5. The molecular weight excluding hydrogens is 346 g/mol. The predicted molar refractivity (Wildman–Crippen MR) is 103 cm³/mol. The van der Waals surface area contributed by atoms with Crippen molar-refractivity contribution in [2.24, 2.45) is 5.10 Å². The Balaban J connectivity index is 1.51. The first-order chi connectivity index (χ1) is 12.7. The summed E-state index contributed by atoms with van der Waals surface area (Å²) in [5.41, 5.74) is 0.849. The van der Waals surface area contributed by atoms with Crippen LogP contribution in [0.15, 0.2) is 45.4 Å². The molecule has 3 heterocycles. The van der Waals surface area contributed by atoms with E-state index in [-0.39, 0.29) is 11.9 Å². The summed E-state index contributed by atoms with van der Waals surface area (Å²) < 4.78 is 5.51. The van der Waals surface area contributed by atoms with Gasteiger partial charge in [-0.15, -0.1) is 11.3 Å². The lowest BCUT2D eigenvalue weighted by Crippen LogP contribution is -2.41. The van der Waals surface area contributed by atoms with Crippen molar-refractivity contribution in [3.8, 4) is 0 Å². The van der Waals surface area contributed by atoms with Crippen LogP contribution >= 0.6 is 11.3 Å². The Morgan fingerprint density at radius 3 is 2.85 bits per heavy atom. The molecule has 0 aromatic carbocycles. The van der Waals surface area contributed by atoms with Crippen LogP contribution in [0.25, 0.3) is 0 Å². The van der Waals surface area contributed by atoms with Gasteiger partial charge >= 0.3 is 0 Å². The lowest BCUT2D eigenvalue weighted by molar-refractivity contribution is -0.134. The summed E-state index contributed by atoms with van der Waals surface area (Å²) in [6, 6.07) is 8.38. The molecule has 2 aromatic rings. The second-order valence-electron chi connectivity index (χ2n) is 7.20. The highest BCUT2D eigenvalue weighted by atomic mass is 32.1. The van der Waals surface area contributed by atoms with Crippen LogP contribution in [0.5, 0.6) is 0 Å². The normalized spacial score (nSPS) is 21.4. The molecule has 1 saturated carbocycles. The van der Waals surface area contributed by atoms with Crippen LogP contribution in [-0.4, -0.2) is 41.2 Å². The molecule has 26 heavy (non-hydrogen) atoms. The van der Waals surface area contributed by atoms with Crippen LogP contribution < -0.4 is 0 Å². The second-order valence-corrected chi connectivity index (χ2v) is 8.18. The number of thiophene rings is 1. The van der Waals surface area contributed by atoms with Crippen molar-refractivity contribution in [1.82, 2.24) is 9.91 Å².